The van der Waals surface area contributed by atoms with Crippen molar-refractivity contribution in [1.29, 1.82) is 10.7 Å². The average molecular weight is 390 g/mol. The maximum Gasteiger partial charge on any atom is 0.244 e. The van der Waals surface area contributed by atoms with Crippen LogP contribution in [0, 0.1) is 22.7 Å². The fourth-order valence-corrected chi connectivity index (χ4v) is 3.60. The second-order valence-electron chi connectivity index (χ2n) is 6.51. The van der Waals surface area contributed by atoms with E-state index in [9.17, 15) is 10.4 Å². The van der Waals surface area contributed by atoms with Crippen LogP contribution in [0.15, 0.2) is 42.5 Å². The van der Waals surface area contributed by atoms with Gasteiger partial charge in [0.2, 0.25) is 17.5 Å². The largest absolute Gasteiger partial charge is 0.502 e. The molecule has 2 unspecified atom stereocenters. The molecule has 3 N–H and O–H groups in total. The molecule has 8 heteroatoms. The molecule has 0 fully saturated rings. The van der Waals surface area contributed by atoms with Crippen LogP contribution in [0.1, 0.15) is 17.0 Å². The monoisotopic (exact) mass is 390 g/mol. The zero-order valence-electron chi connectivity index (χ0n) is 15.8. The molecule has 2 heterocycles. The van der Waals surface area contributed by atoms with E-state index in [4.69, 9.17) is 19.6 Å². The van der Waals surface area contributed by atoms with E-state index in [1.54, 1.807) is 12.1 Å². The molecule has 146 valence electrons. The number of benzene rings is 2. The van der Waals surface area contributed by atoms with Crippen molar-refractivity contribution in [2.45, 2.75) is 5.92 Å². The van der Waals surface area contributed by atoms with Gasteiger partial charge in [0.25, 0.3) is 0 Å². The second-order valence-corrected chi connectivity index (χ2v) is 6.51. The molecule has 4 rings (SSSR count). The summed E-state index contributed by atoms with van der Waals surface area (Å²) in [7, 11) is 2.87. The topological polar surface area (TPSA) is 124 Å². The Morgan fingerprint density at radius 1 is 1.17 bits per heavy atom. The van der Waals surface area contributed by atoms with Gasteiger partial charge in [-0.25, -0.2) is 0 Å². The summed E-state index contributed by atoms with van der Waals surface area (Å²) >= 11 is 0. The van der Waals surface area contributed by atoms with E-state index in [0.717, 1.165) is 5.56 Å². The molecule has 1 aromatic heterocycles. The molecule has 1 aliphatic heterocycles. The van der Waals surface area contributed by atoms with Gasteiger partial charge < -0.3 is 19.3 Å². The van der Waals surface area contributed by atoms with Gasteiger partial charge in [0, 0.05) is 5.92 Å². The minimum atomic E-state index is -0.887. The van der Waals surface area contributed by atoms with Crippen molar-refractivity contribution < 1.29 is 19.3 Å². The minimum Gasteiger partial charge on any atom is -0.502 e. The molecule has 0 saturated carbocycles. The van der Waals surface area contributed by atoms with Gasteiger partial charge in [0.15, 0.2) is 11.5 Å². The summed E-state index contributed by atoms with van der Waals surface area (Å²) in [6, 6.07) is 15.0. The van der Waals surface area contributed by atoms with Gasteiger partial charge in [-0.05, 0) is 23.3 Å². The minimum absolute atomic E-state index is 0.134. The van der Waals surface area contributed by atoms with Crippen molar-refractivity contribution in [2.75, 3.05) is 14.2 Å². The first-order valence-electron chi connectivity index (χ1n) is 8.83. The highest BCUT2D eigenvalue weighted by molar-refractivity contribution is 5.86. The number of nitrogens with zero attached hydrogens (tertiary/aromatic N) is 2. The van der Waals surface area contributed by atoms with Gasteiger partial charge >= 0.3 is 0 Å². The smallest absolute Gasteiger partial charge is 0.244 e. The van der Waals surface area contributed by atoms with Crippen LogP contribution in [0.5, 0.6) is 23.1 Å². The van der Waals surface area contributed by atoms with Gasteiger partial charge in [-0.2, -0.15) is 5.26 Å². The van der Waals surface area contributed by atoms with Crippen LogP contribution < -0.4 is 14.2 Å². The normalized spacial score (nSPS) is 17.8. The van der Waals surface area contributed by atoms with E-state index >= 15 is 0 Å². The van der Waals surface area contributed by atoms with Crippen molar-refractivity contribution in [3.63, 3.8) is 0 Å². The van der Waals surface area contributed by atoms with E-state index in [2.05, 4.69) is 16.3 Å². The highest BCUT2D eigenvalue weighted by Crippen LogP contribution is 2.48. The predicted molar refractivity (Wildman–Crippen MR) is 105 cm³/mol. The number of phenolic OH excluding ortho intramolecular Hbond substituents is 1. The van der Waals surface area contributed by atoms with E-state index in [1.165, 1.54) is 14.2 Å². The number of aromatic hydroxyl groups is 1. The molecule has 8 nitrogen and oxygen atoms in total. The van der Waals surface area contributed by atoms with E-state index in [0.29, 0.717) is 16.8 Å². The fourth-order valence-electron chi connectivity index (χ4n) is 3.60. The Hall–Kier alpha value is -3.99. The van der Waals surface area contributed by atoms with Crippen LogP contribution in [0.4, 0.5) is 0 Å². The number of methoxy groups -OCH3 is 2. The van der Waals surface area contributed by atoms with Gasteiger partial charge in [-0.15, -0.1) is 5.10 Å². The molecule has 0 spiro atoms. The first kappa shape index (κ1) is 18.4. The molecule has 0 radical (unpaired) electrons. The highest BCUT2D eigenvalue weighted by atomic mass is 16.5. The number of ether oxygens (including phenoxy) is 3. The van der Waals surface area contributed by atoms with Crippen LogP contribution in [-0.4, -0.2) is 35.4 Å². The summed E-state index contributed by atoms with van der Waals surface area (Å²) in [6.45, 7) is 0. The quantitative estimate of drug-likeness (QED) is 0.627. The number of fused-ring (bicyclic) bond motifs is 1. The number of aromatic nitrogens is 2. The molecular formula is C21H18N4O4. The maximum absolute atomic E-state index is 10.3. The molecule has 0 amide bonds. The Kier molecular flexibility index (Phi) is 4.56. The summed E-state index contributed by atoms with van der Waals surface area (Å²) in [6.07, 6.45) is 0. The molecule has 0 aliphatic carbocycles. The Bertz CT molecular complexity index is 1090. The van der Waals surface area contributed by atoms with Crippen molar-refractivity contribution in [3.05, 3.63) is 53.6 Å². The average Bonchev–Trinajstić information content (AvgIpc) is 3.17. The molecule has 0 saturated heterocycles. The molecule has 0 bridgehead atoms. The molecule has 3 aromatic rings. The summed E-state index contributed by atoms with van der Waals surface area (Å²) in [5, 5.41) is 35.5. The molecule has 2 atom stereocenters. The summed E-state index contributed by atoms with van der Waals surface area (Å²) in [5.41, 5.74) is 2.87. The van der Waals surface area contributed by atoms with Crippen molar-refractivity contribution in [2.24, 2.45) is 5.92 Å². The van der Waals surface area contributed by atoms with Crippen LogP contribution in [-0.2, 0) is 0 Å². The lowest BCUT2D eigenvalue weighted by Gasteiger charge is -2.28. The summed E-state index contributed by atoms with van der Waals surface area (Å²) < 4.78 is 16.1. The number of nitriles is 1. The van der Waals surface area contributed by atoms with Crippen LogP contribution in [0.25, 0.3) is 11.3 Å². The lowest BCUT2D eigenvalue weighted by molar-refractivity contribution is 0.338. The second kappa shape index (κ2) is 7.20. The Morgan fingerprint density at radius 2 is 1.83 bits per heavy atom. The van der Waals surface area contributed by atoms with Crippen molar-refractivity contribution in [1.82, 2.24) is 10.2 Å². The number of phenols is 1. The summed E-state index contributed by atoms with van der Waals surface area (Å²) in [4.78, 5) is 0. The van der Waals surface area contributed by atoms with Crippen LogP contribution in [0.3, 0.4) is 0 Å². The number of nitrogens with one attached hydrogen (secondary N) is 2. The molecule has 2 aromatic carbocycles. The standard InChI is InChI=1S/C21H18N4O4/c1-27-14-8-12(9-15(28-2)19(14)26)16-13(10-22)20(23)29-21-17(16)18(24-25-21)11-6-4-3-5-7-11/h3-9,13,16,23,26H,1-2H3,(H,24,25). The third-order valence-corrected chi connectivity index (χ3v) is 4.97. The predicted octanol–water partition coefficient (Wildman–Crippen LogP) is 3.44. The Labute approximate surface area is 166 Å². The zero-order valence-corrected chi connectivity index (χ0v) is 15.8. The summed E-state index contributed by atoms with van der Waals surface area (Å²) in [5.74, 6) is -1.13. The zero-order chi connectivity index (χ0) is 20.5. The lowest BCUT2D eigenvalue weighted by atomic mass is 9.78. The first-order valence-corrected chi connectivity index (χ1v) is 8.83. The van der Waals surface area contributed by atoms with Gasteiger partial charge in [-0.1, -0.05) is 30.3 Å². The van der Waals surface area contributed by atoms with E-state index in [-0.39, 0.29) is 29.0 Å². The highest BCUT2D eigenvalue weighted by Gasteiger charge is 2.41. The first-order chi connectivity index (χ1) is 14.1. The van der Waals surface area contributed by atoms with E-state index in [1.807, 2.05) is 30.3 Å². The van der Waals surface area contributed by atoms with Crippen LogP contribution >= 0.6 is 0 Å². The number of rotatable bonds is 4. The Morgan fingerprint density at radius 3 is 2.41 bits per heavy atom. The van der Waals surface area contributed by atoms with Gasteiger partial charge in [0.05, 0.1) is 31.5 Å². The molecular weight excluding hydrogens is 372 g/mol. The van der Waals surface area contributed by atoms with Crippen molar-refractivity contribution in [3.8, 4) is 40.5 Å². The SMILES string of the molecule is COc1cc(C2c3c(n[nH]c3-c3ccccc3)OC(=N)C2C#N)cc(OC)c1O. The fraction of sp³-hybridized carbons (Fsp3) is 0.190. The van der Waals surface area contributed by atoms with E-state index < -0.39 is 11.8 Å². The molecule has 1 aliphatic rings. The number of hydrogen-bond acceptors (Lipinski definition) is 7. The van der Waals surface area contributed by atoms with Gasteiger partial charge in [0.1, 0.15) is 5.92 Å². The number of aromatic amines is 1. The van der Waals surface area contributed by atoms with Crippen LogP contribution in [0.2, 0.25) is 0 Å². The third kappa shape index (κ3) is 2.93. The maximum atomic E-state index is 10.3. The number of H-pyrrole nitrogens is 1. The van der Waals surface area contributed by atoms with Crippen molar-refractivity contribution >= 4 is 5.90 Å². The number of hydrogen-bond donors (Lipinski definition) is 3. The lowest BCUT2D eigenvalue weighted by Crippen LogP contribution is -2.31. The third-order valence-electron chi connectivity index (χ3n) is 4.97. The Balaban J connectivity index is 1.97. The molecule has 29 heavy (non-hydrogen) atoms. The van der Waals surface area contributed by atoms with Gasteiger partial charge in [-0.3, -0.25) is 10.5 Å².